The first-order chi connectivity index (χ1) is 5.86. The van der Waals surface area contributed by atoms with Crippen molar-refractivity contribution in [2.24, 2.45) is 0 Å². The predicted octanol–water partition coefficient (Wildman–Crippen LogP) is 1.03. The van der Waals surface area contributed by atoms with Gasteiger partial charge in [0.1, 0.15) is 3.70 Å². The van der Waals surface area contributed by atoms with Crippen molar-refractivity contribution in [2.45, 2.75) is 6.23 Å². The molecule has 4 nitrogen and oxygen atoms in total. The molecule has 12 heavy (non-hydrogen) atoms. The predicted molar refractivity (Wildman–Crippen MR) is 50.8 cm³/mol. The van der Waals surface area contributed by atoms with Gasteiger partial charge >= 0.3 is 0 Å². The van der Waals surface area contributed by atoms with Crippen LogP contribution in [0, 0.1) is 3.70 Å². The van der Waals surface area contributed by atoms with Gasteiger partial charge in [-0.15, -0.1) is 0 Å². The molecule has 66 valence electrons. The van der Waals surface area contributed by atoms with E-state index in [-0.39, 0.29) is 6.23 Å². The Labute approximate surface area is 84.0 Å². The van der Waals surface area contributed by atoms with Crippen molar-refractivity contribution in [1.29, 1.82) is 0 Å². The molecule has 0 spiro atoms. The van der Waals surface area contributed by atoms with Crippen LogP contribution in [0.15, 0.2) is 12.3 Å². The van der Waals surface area contributed by atoms with Crippen molar-refractivity contribution in [1.82, 2.24) is 9.78 Å². The van der Waals surface area contributed by atoms with Crippen molar-refractivity contribution in [3.8, 4) is 0 Å². The zero-order valence-corrected chi connectivity index (χ0v) is 8.60. The van der Waals surface area contributed by atoms with Crippen LogP contribution < -0.4 is 0 Å². The third-order valence-electron chi connectivity index (χ3n) is 1.67. The summed E-state index contributed by atoms with van der Waals surface area (Å²) in [7, 11) is 0. The quantitative estimate of drug-likeness (QED) is 0.721. The molecule has 0 aliphatic carbocycles. The number of rotatable bonds is 1. The average Bonchev–Trinajstić information content (AvgIpc) is 2.54. The van der Waals surface area contributed by atoms with Crippen LogP contribution >= 0.6 is 22.6 Å². The van der Waals surface area contributed by atoms with E-state index in [0.717, 1.165) is 3.70 Å². The third-order valence-corrected chi connectivity index (χ3v) is 2.24. The van der Waals surface area contributed by atoms with E-state index in [1.165, 1.54) is 0 Å². The maximum absolute atomic E-state index is 5.45. The fourth-order valence-electron chi connectivity index (χ4n) is 1.10. The smallest absolute Gasteiger partial charge is 0.173 e. The fourth-order valence-corrected chi connectivity index (χ4v) is 1.51. The normalized spacial score (nSPS) is 24.2. The maximum atomic E-state index is 5.45. The van der Waals surface area contributed by atoms with Crippen LogP contribution in [0.25, 0.3) is 0 Å². The molecule has 1 saturated heterocycles. The Kier molecular flexibility index (Phi) is 2.62. The lowest BCUT2D eigenvalue weighted by Crippen LogP contribution is -2.26. The highest BCUT2D eigenvalue weighted by molar-refractivity contribution is 14.1. The van der Waals surface area contributed by atoms with Crippen LogP contribution in [-0.4, -0.2) is 29.6 Å². The molecule has 2 rings (SSSR count). The van der Waals surface area contributed by atoms with Gasteiger partial charge in [0, 0.05) is 6.20 Å². The largest absolute Gasteiger partial charge is 0.374 e. The molecule has 0 N–H and O–H groups in total. The van der Waals surface area contributed by atoms with E-state index >= 15 is 0 Å². The number of nitrogens with zero attached hydrogens (tertiary/aromatic N) is 2. The molecule has 0 amide bonds. The molecule has 0 bridgehead atoms. The summed E-state index contributed by atoms with van der Waals surface area (Å²) in [6.45, 7) is 1.94. The van der Waals surface area contributed by atoms with Crippen molar-refractivity contribution >= 4 is 22.6 Å². The summed E-state index contributed by atoms with van der Waals surface area (Å²) in [4.78, 5) is 0. The monoisotopic (exact) mass is 280 g/mol. The lowest BCUT2D eigenvalue weighted by atomic mass is 10.5. The highest BCUT2D eigenvalue weighted by Gasteiger charge is 2.16. The van der Waals surface area contributed by atoms with E-state index in [1.807, 2.05) is 12.3 Å². The first-order valence-electron chi connectivity index (χ1n) is 3.76. The standard InChI is InChI=1S/C7H9IN2O2/c8-6-1-2-10(9-6)7-5-11-3-4-12-7/h1-2,7H,3-5H2. The van der Waals surface area contributed by atoms with Crippen LogP contribution in [0.1, 0.15) is 6.23 Å². The molecule has 1 atom stereocenters. The molecule has 1 fully saturated rings. The highest BCUT2D eigenvalue weighted by atomic mass is 127. The molecule has 0 saturated carbocycles. The van der Waals surface area contributed by atoms with Gasteiger partial charge in [-0.05, 0) is 28.7 Å². The van der Waals surface area contributed by atoms with Crippen molar-refractivity contribution in [3.05, 3.63) is 16.0 Å². The van der Waals surface area contributed by atoms with Crippen LogP contribution in [0.2, 0.25) is 0 Å². The Morgan fingerprint density at radius 1 is 1.58 bits per heavy atom. The zero-order chi connectivity index (χ0) is 8.39. The molecule has 1 aliphatic rings. The Balaban J connectivity index is 2.08. The molecule has 5 heteroatoms. The highest BCUT2D eigenvalue weighted by Crippen LogP contribution is 2.13. The van der Waals surface area contributed by atoms with Gasteiger partial charge in [0.15, 0.2) is 6.23 Å². The number of halogens is 1. The summed E-state index contributed by atoms with van der Waals surface area (Å²) >= 11 is 2.17. The van der Waals surface area contributed by atoms with Gasteiger partial charge in [0.05, 0.1) is 19.8 Å². The molecular formula is C7H9IN2O2. The van der Waals surface area contributed by atoms with E-state index in [9.17, 15) is 0 Å². The SMILES string of the molecule is Ic1ccn(C2COCCO2)n1. The summed E-state index contributed by atoms with van der Waals surface area (Å²) < 4.78 is 13.5. The van der Waals surface area contributed by atoms with Crippen molar-refractivity contribution in [2.75, 3.05) is 19.8 Å². The van der Waals surface area contributed by atoms with E-state index in [4.69, 9.17) is 9.47 Å². The Morgan fingerprint density at radius 2 is 2.50 bits per heavy atom. The molecular weight excluding hydrogens is 271 g/mol. The van der Waals surface area contributed by atoms with Crippen LogP contribution in [0.3, 0.4) is 0 Å². The van der Waals surface area contributed by atoms with Crippen LogP contribution in [0.4, 0.5) is 0 Å². The Bertz CT molecular complexity index is 258. The lowest BCUT2D eigenvalue weighted by molar-refractivity contribution is -0.127. The van der Waals surface area contributed by atoms with Crippen molar-refractivity contribution in [3.63, 3.8) is 0 Å². The second kappa shape index (κ2) is 3.71. The minimum Gasteiger partial charge on any atom is -0.374 e. The average molecular weight is 280 g/mol. The Morgan fingerprint density at radius 3 is 3.08 bits per heavy atom. The molecule has 1 aromatic rings. The first kappa shape index (κ1) is 8.46. The van der Waals surface area contributed by atoms with E-state index in [0.29, 0.717) is 19.8 Å². The second-order valence-electron chi connectivity index (χ2n) is 2.52. The molecule has 0 radical (unpaired) electrons. The van der Waals surface area contributed by atoms with Crippen molar-refractivity contribution < 1.29 is 9.47 Å². The second-order valence-corrected chi connectivity index (χ2v) is 3.62. The molecule has 1 aromatic heterocycles. The number of ether oxygens (including phenoxy) is 2. The van der Waals surface area contributed by atoms with Crippen LogP contribution in [0.5, 0.6) is 0 Å². The maximum Gasteiger partial charge on any atom is 0.173 e. The third kappa shape index (κ3) is 1.78. The van der Waals surface area contributed by atoms with E-state index in [1.54, 1.807) is 4.68 Å². The summed E-state index contributed by atoms with van der Waals surface area (Å²) in [6.07, 6.45) is 1.86. The van der Waals surface area contributed by atoms with Gasteiger partial charge < -0.3 is 9.47 Å². The van der Waals surface area contributed by atoms with Gasteiger partial charge in [0.2, 0.25) is 0 Å². The molecule has 1 aliphatic heterocycles. The number of hydrogen-bond donors (Lipinski definition) is 0. The fraction of sp³-hybridized carbons (Fsp3) is 0.571. The van der Waals surface area contributed by atoms with Gasteiger partial charge in [-0.25, -0.2) is 4.68 Å². The van der Waals surface area contributed by atoms with Crippen LogP contribution in [-0.2, 0) is 9.47 Å². The molecule has 2 heterocycles. The van der Waals surface area contributed by atoms with Gasteiger partial charge in [-0.2, -0.15) is 5.10 Å². The number of hydrogen-bond acceptors (Lipinski definition) is 3. The molecule has 0 aromatic carbocycles. The minimum atomic E-state index is -0.0396. The summed E-state index contributed by atoms with van der Waals surface area (Å²) in [5.74, 6) is 0. The lowest BCUT2D eigenvalue weighted by Gasteiger charge is -2.22. The van der Waals surface area contributed by atoms with Gasteiger partial charge in [-0.3, -0.25) is 0 Å². The number of aromatic nitrogens is 2. The summed E-state index contributed by atoms with van der Waals surface area (Å²) in [6, 6.07) is 1.94. The van der Waals surface area contributed by atoms with Gasteiger partial charge in [0.25, 0.3) is 0 Å². The Hall–Kier alpha value is -0.140. The first-order valence-corrected chi connectivity index (χ1v) is 4.84. The van der Waals surface area contributed by atoms with Gasteiger partial charge in [-0.1, -0.05) is 0 Å². The van der Waals surface area contributed by atoms with E-state index in [2.05, 4.69) is 27.7 Å². The summed E-state index contributed by atoms with van der Waals surface area (Å²) in [5, 5.41) is 4.23. The topological polar surface area (TPSA) is 36.3 Å². The zero-order valence-electron chi connectivity index (χ0n) is 6.44. The van der Waals surface area contributed by atoms with E-state index < -0.39 is 0 Å². The summed E-state index contributed by atoms with van der Waals surface area (Å²) in [5.41, 5.74) is 0. The molecule has 1 unspecified atom stereocenters. The minimum absolute atomic E-state index is 0.0396.